The number of rotatable bonds is 2. The van der Waals surface area contributed by atoms with E-state index in [1.165, 1.54) is 6.92 Å². The lowest BCUT2D eigenvalue weighted by molar-refractivity contribution is -0.127. The topological polar surface area (TPSA) is 20.3 Å². The number of likely N-dealkylation sites (N-methyl/N-ethyl adjacent to an activating group) is 1. The molecule has 0 spiro atoms. The van der Waals surface area contributed by atoms with E-state index in [1.54, 1.807) is 18.0 Å². The summed E-state index contributed by atoms with van der Waals surface area (Å²) in [4.78, 5) is 12.0. The average Bonchev–Trinajstić information content (AvgIpc) is 1.93. The van der Waals surface area contributed by atoms with Crippen molar-refractivity contribution in [3.63, 3.8) is 0 Å². The molecule has 2 nitrogen and oxygen atoms in total. The maximum absolute atomic E-state index is 10.4. The molecule has 0 aliphatic heterocycles. The van der Waals surface area contributed by atoms with E-state index in [4.69, 9.17) is 0 Å². The average molecular weight is 143 g/mol. The molecule has 2 heteroatoms. The van der Waals surface area contributed by atoms with E-state index in [-0.39, 0.29) is 5.91 Å². The SMILES string of the molecule is C=CCN(C)C(C)=O.CC. The van der Waals surface area contributed by atoms with Crippen LogP contribution in [-0.2, 0) is 4.79 Å². The highest BCUT2D eigenvalue weighted by atomic mass is 16.2. The van der Waals surface area contributed by atoms with Gasteiger partial charge in [-0.1, -0.05) is 19.9 Å². The Bertz CT molecular complexity index is 99.4. The van der Waals surface area contributed by atoms with Crippen LogP contribution < -0.4 is 0 Å². The Kier molecular flexibility index (Phi) is 9.80. The lowest BCUT2D eigenvalue weighted by Gasteiger charge is -2.09. The molecule has 0 radical (unpaired) electrons. The second-order valence-corrected chi connectivity index (χ2v) is 1.69. The van der Waals surface area contributed by atoms with Crippen LogP contribution in [0, 0.1) is 0 Å². The molecule has 0 saturated carbocycles. The van der Waals surface area contributed by atoms with E-state index < -0.39 is 0 Å². The summed E-state index contributed by atoms with van der Waals surface area (Å²) < 4.78 is 0. The maximum Gasteiger partial charge on any atom is 0.219 e. The third-order valence-corrected chi connectivity index (χ3v) is 0.941. The van der Waals surface area contributed by atoms with Crippen LogP contribution >= 0.6 is 0 Å². The minimum Gasteiger partial charge on any atom is -0.342 e. The van der Waals surface area contributed by atoms with Crippen molar-refractivity contribution < 1.29 is 4.79 Å². The second-order valence-electron chi connectivity index (χ2n) is 1.69. The van der Waals surface area contributed by atoms with Gasteiger partial charge in [-0.05, 0) is 0 Å². The monoisotopic (exact) mass is 143 g/mol. The predicted molar refractivity (Wildman–Crippen MR) is 44.9 cm³/mol. The summed E-state index contributed by atoms with van der Waals surface area (Å²) in [7, 11) is 1.74. The van der Waals surface area contributed by atoms with Crippen LogP contribution in [0.1, 0.15) is 20.8 Å². The summed E-state index contributed by atoms with van der Waals surface area (Å²) >= 11 is 0. The highest BCUT2D eigenvalue weighted by Crippen LogP contribution is 1.80. The van der Waals surface area contributed by atoms with E-state index in [2.05, 4.69) is 6.58 Å². The van der Waals surface area contributed by atoms with Gasteiger partial charge in [-0.25, -0.2) is 0 Å². The molecule has 0 heterocycles. The smallest absolute Gasteiger partial charge is 0.219 e. The van der Waals surface area contributed by atoms with Gasteiger partial charge in [-0.2, -0.15) is 0 Å². The van der Waals surface area contributed by atoms with Crippen molar-refractivity contribution >= 4 is 5.91 Å². The van der Waals surface area contributed by atoms with Gasteiger partial charge in [0.05, 0.1) is 0 Å². The van der Waals surface area contributed by atoms with Gasteiger partial charge in [0.25, 0.3) is 0 Å². The van der Waals surface area contributed by atoms with E-state index in [1.807, 2.05) is 13.8 Å². The lowest BCUT2D eigenvalue weighted by atomic mass is 10.5. The first kappa shape index (κ1) is 11.9. The molecule has 0 saturated heterocycles. The van der Waals surface area contributed by atoms with Crippen LogP contribution in [0.5, 0.6) is 0 Å². The summed E-state index contributed by atoms with van der Waals surface area (Å²) in [6.07, 6.45) is 1.70. The largest absolute Gasteiger partial charge is 0.342 e. The van der Waals surface area contributed by atoms with Gasteiger partial charge in [0.15, 0.2) is 0 Å². The van der Waals surface area contributed by atoms with Crippen LogP contribution in [-0.4, -0.2) is 24.4 Å². The molecule has 0 rings (SSSR count). The molecule has 0 fully saturated rings. The number of carbonyl (C=O) groups is 1. The van der Waals surface area contributed by atoms with Gasteiger partial charge in [0.1, 0.15) is 0 Å². The van der Waals surface area contributed by atoms with Gasteiger partial charge in [0, 0.05) is 20.5 Å². The summed E-state index contributed by atoms with van der Waals surface area (Å²) in [5, 5.41) is 0. The maximum atomic E-state index is 10.4. The fraction of sp³-hybridized carbons (Fsp3) is 0.625. The zero-order valence-electron chi connectivity index (χ0n) is 7.35. The first-order valence-corrected chi connectivity index (χ1v) is 3.51. The molecule has 0 unspecified atom stereocenters. The van der Waals surface area contributed by atoms with Gasteiger partial charge in [-0.3, -0.25) is 4.79 Å². The number of hydrogen-bond acceptors (Lipinski definition) is 1. The molecule has 10 heavy (non-hydrogen) atoms. The summed E-state index contributed by atoms with van der Waals surface area (Å²) in [6.45, 7) is 9.65. The van der Waals surface area contributed by atoms with Crippen molar-refractivity contribution in [2.45, 2.75) is 20.8 Å². The molecule has 0 aliphatic rings. The molecule has 0 atom stereocenters. The number of amides is 1. The first-order chi connectivity index (χ1) is 4.68. The molecule has 1 amide bonds. The van der Waals surface area contributed by atoms with Crippen molar-refractivity contribution in [3.8, 4) is 0 Å². The highest BCUT2D eigenvalue weighted by Gasteiger charge is 1.95. The third kappa shape index (κ3) is 7.21. The standard InChI is InChI=1S/C6H11NO.C2H6/c1-4-5-7(3)6(2)8;1-2/h4H,1,5H2,2-3H3;1-2H3. The normalized spacial score (nSPS) is 7.20. The van der Waals surface area contributed by atoms with Gasteiger partial charge < -0.3 is 4.90 Å². The number of carbonyl (C=O) groups excluding carboxylic acids is 1. The van der Waals surface area contributed by atoms with Gasteiger partial charge in [-0.15, -0.1) is 6.58 Å². The van der Waals surface area contributed by atoms with Crippen LogP contribution in [0.25, 0.3) is 0 Å². The Morgan fingerprint density at radius 2 is 2.00 bits per heavy atom. The Labute approximate surface area is 63.5 Å². The van der Waals surface area contributed by atoms with Crippen molar-refractivity contribution in [2.24, 2.45) is 0 Å². The zero-order valence-corrected chi connectivity index (χ0v) is 7.35. The lowest BCUT2D eigenvalue weighted by Crippen LogP contribution is -2.23. The zero-order chi connectivity index (χ0) is 8.57. The quantitative estimate of drug-likeness (QED) is 0.538. The van der Waals surface area contributed by atoms with Gasteiger partial charge >= 0.3 is 0 Å². The Morgan fingerprint density at radius 3 is 2.10 bits per heavy atom. The van der Waals surface area contributed by atoms with Crippen LogP contribution in [0.15, 0.2) is 12.7 Å². The van der Waals surface area contributed by atoms with E-state index in [0.717, 1.165) is 0 Å². The Balaban J connectivity index is 0. The highest BCUT2D eigenvalue weighted by molar-refractivity contribution is 5.72. The second kappa shape index (κ2) is 8.21. The molecule has 0 aromatic carbocycles. The van der Waals surface area contributed by atoms with Crippen LogP contribution in [0.3, 0.4) is 0 Å². The molecule has 0 N–H and O–H groups in total. The molecular formula is C8H17NO. The van der Waals surface area contributed by atoms with Crippen molar-refractivity contribution in [2.75, 3.05) is 13.6 Å². The summed E-state index contributed by atoms with van der Waals surface area (Å²) in [5.41, 5.74) is 0. The predicted octanol–water partition coefficient (Wildman–Crippen LogP) is 1.68. The molecule has 0 aliphatic carbocycles. The van der Waals surface area contributed by atoms with E-state index in [9.17, 15) is 4.79 Å². The van der Waals surface area contributed by atoms with Gasteiger partial charge in [0.2, 0.25) is 5.91 Å². The van der Waals surface area contributed by atoms with Crippen LogP contribution in [0.2, 0.25) is 0 Å². The fourth-order valence-electron chi connectivity index (χ4n) is 0.322. The number of hydrogen-bond donors (Lipinski definition) is 0. The van der Waals surface area contributed by atoms with Crippen molar-refractivity contribution in [1.29, 1.82) is 0 Å². The Hall–Kier alpha value is -0.790. The van der Waals surface area contributed by atoms with Crippen molar-refractivity contribution in [3.05, 3.63) is 12.7 Å². The fourth-order valence-corrected chi connectivity index (χ4v) is 0.322. The molecule has 60 valence electrons. The molecule has 0 aromatic rings. The first-order valence-electron chi connectivity index (χ1n) is 3.51. The summed E-state index contributed by atoms with van der Waals surface area (Å²) in [5.74, 6) is 0.0740. The molecular weight excluding hydrogens is 126 g/mol. The minimum absolute atomic E-state index is 0.0740. The van der Waals surface area contributed by atoms with E-state index >= 15 is 0 Å². The molecule has 0 aromatic heterocycles. The van der Waals surface area contributed by atoms with Crippen molar-refractivity contribution in [1.82, 2.24) is 4.90 Å². The summed E-state index contributed by atoms with van der Waals surface area (Å²) in [6, 6.07) is 0. The molecule has 0 bridgehead atoms. The third-order valence-electron chi connectivity index (χ3n) is 0.941. The minimum atomic E-state index is 0.0740. The van der Waals surface area contributed by atoms with Crippen LogP contribution in [0.4, 0.5) is 0 Å². The number of nitrogens with zero attached hydrogens (tertiary/aromatic N) is 1. The van der Waals surface area contributed by atoms with E-state index in [0.29, 0.717) is 6.54 Å². The Morgan fingerprint density at radius 1 is 1.60 bits per heavy atom.